The van der Waals surface area contributed by atoms with Crippen LogP contribution in [0.2, 0.25) is 0 Å². The smallest absolute Gasteiger partial charge is 0.220 e. The molecule has 2 atom stereocenters. The largest absolute Gasteiger partial charge is 0.394 e. The van der Waals surface area contributed by atoms with E-state index in [2.05, 4.69) is 31.3 Å². The van der Waals surface area contributed by atoms with Crippen molar-refractivity contribution < 1.29 is 15.0 Å². The fourth-order valence-electron chi connectivity index (χ4n) is 6.71. The van der Waals surface area contributed by atoms with Crippen molar-refractivity contribution in [3.63, 3.8) is 0 Å². The van der Waals surface area contributed by atoms with E-state index >= 15 is 0 Å². The predicted octanol–water partition coefficient (Wildman–Crippen LogP) is 13.1. The number of rotatable bonds is 39. The fourth-order valence-corrected chi connectivity index (χ4v) is 6.71. The number of allylic oxidation sites excluding steroid dienone is 2. The first-order chi connectivity index (χ1) is 23.2. The van der Waals surface area contributed by atoms with Gasteiger partial charge in [0, 0.05) is 6.42 Å². The summed E-state index contributed by atoms with van der Waals surface area (Å²) < 4.78 is 0. The molecule has 4 nitrogen and oxygen atoms in total. The molecule has 3 N–H and O–H groups in total. The molecule has 1 amide bonds. The van der Waals surface area contributed by atoms with E-state index in [1.165, 1.54) is 186 Å². The normalized spacial score (nSPS) is 13.0. The Morgan fingerprint density at radius 2 is 0.809 bits per heavy atom. The van der Waals surface area contributed by atoms with E-state index in [-0.39, 0.29) is 12.5 Å². The molecule has 0 bridgehead atoms. The molecule has 0 spiro atoms. The maximum absolute atomic E-state index is 12.3. The zero-order valence-electron chi connectivity index (χ0n) is 32.1. The van der Waals surface area contributed by atoms with Crippen molar-refractivity contribution in [2.45, 2.75) is 251 Å². The summed E-state index contributed by atoms with van der Waals surface area (Å²) in [5, 5.41) is 23.1. The van der Waals surface area contributed by atoms with Crippen molar-refractivity contribution in [1.82, 2.24) is 5.32 Å². The van der Waals surface area contributed by atoms with E-state index in [9.17, 15) is 15.0 Å². The molecule has 0 aromatic carbocycles. The molecule has 4 heteroatoms. The van der Waals surface area contributed by atoms with Crippen molar-refractivity contribution in [3.05, 3.63) is 12.2 Å². The summed E-state index contributed by atoms with van der Waals surface area (Å²) in [6, 6.07) is -0.536. The highest BCUT2D eigenvalue weighted by Crippen LogP contribution is 2.16. The average molecular weight is 664 g/mol. The van der Waals surface area contributed by atoms with Crippen LogP contribution in [0.15, 0.2) is 12.2 Å². The van der Waals surface area contributed by atoms with Crippen LogP contribution in [0.25, 0.3) is 0 Å². The monoisotopic (exact) mass is 664 g/mol. The number of hydrogen-bond donors (Lipinski definition) is 3. The molecule has 0 aliphatic carbocycles. The summed E-state index contributed by atoms with van der Waals surface area (Å²) in [4.78, 5) is 12.3. The Bertz CT molecular complexity index is 637. The molecule has 0 fully saturated rings. The van der Waals surface area contributed by atoms with Crippen LogP contribution < -0.4 is 5.32 Å². The minimum absolute atomic E-state index is 0.0387. The van der Waals surface area contributed by atoms with Gasteiger partial charge in [-0.15, -0.1) is 0 Å². The van der Waals surface area contributed by atoms with Gasteiger partial charge in [0.2, 0.25) is 5.91 Å². The highest BCUT2D eigenvalue weighted by Gasteiger charge is 2.19. The van der Waals surface area contributed by atoms with Gasteiger partial charge in [-0.3, -0.25) is 4.79 Å². The van der Waals surface area contributed by atoms with Crippen LogP contribution in [-0.4, -0.2) is 34.9 Å². The molecular weight excluding hydrogens is 578 g/mol. The van der Waals surface area contributed by atoms with Gasteiger partial charge >= 0.3 is 0 Å². The summed E-state index contributed by atoms with van der Waals surface area (Å²) >= 11 is 0. The molecule has 0 radical (unpaired) electrons. The standard InChI is InChI=1S/C43H85NO3/c1-3-5-7-9-11-13-15-17-18-19-20-21-22-23-24-25-27-28-30-32-34-36-38-42(46)41(40-45)44-43(47)39-37-35-33-31-29-26-16-14-12-10-8-6-4-2/h14,16,41-42,45-46H,3-13,15,17-40H2,1-2H3,(H,44,47)/b16-14-. The van der Waals surface area contributed by atoms with Gasteiger partial charge in [-0.1, -0.05) is 206 Å². The molecule has 47 heavy (non-hydrogen) atoms. The van der Waals surface area contributed by atoms with Crippen molar-refractivity contribution in [2.24, 2.45) is 0 Å². The van der Waals surface area contributed by atoms with Gasteiger partial charge in [0.1, 0.15) is 0 Å². The number of unbranched alkanes of at least 4 members (excludes halogenated alkanes) is 30. The second kappa shape index (κ2) is 39.6. The first-order valence-corrected chi connectivity index (χ1v) is 21.4. The topological polar surface area (TPSA) is 69.6 Å². The summed E-state index contributed by atoms with van der Waals surface area (Å²) in [6.45, 7) is 4.35. The third-order valence-corrected chi connectivity index (χ3v) is 10.0. The van der Waals surface area contributed by atoms with E-state index in [0.717, 1.165) is 25.7 Å². The van der Waals surface area contributed by atoms with Gasteiger partial charge in [-0.25, -0.2) is 0 Å². The zero-order chi connectivity index (χ0) is 34.3. The van der Waals surface area contributed by atoms with Crippen molar-refractivity contribution in [1.29, 1.82) is 0 Å². The first kappa shape index (κ1) is 46.1. The van der Waals surface area contributed by atoms with Crippen molar-refractivity contribution >= 4 is 5.91 Å². The van der Waals surface area contributed by atoms with Crippen LogP contribution in [0.5, 0.6) is 0 Å². The van der Waals surface area contributed by atoms with Gasteiger partial charge < -0.3 is 15.5 Å². The molecule has 0 aliphatic rings. The fraction of sp³-hybridized carbons (Fsp3) is 0.930. The van der Waals surface area contributed by atoms with E-state index < -0.39 is 12.1 Å². The molecule has 0 aromatic heterocycles. The molecule has 0 heterocycles. The lowest BCUT2D eigenvalue weighted by Gasteiger charge is -2.22. The summed E-state index contributed by atoms with van der Waals surface area (Å²) in [6.07, 6.45) is 48.6. The highest BCUT2D eigenvalue weighted by atomic mass is 16.3. The summed E-state index contributed by atoms with van der Waals surface area (Å²) in [5.74, 6) is -0.0387. The number of aliphatic hydroxyl groups is 2. The molecule has 280 valence electrons. The number of hydrogen-bond acceptors (Lipinski definition) is 3. The average Bonchev–Trinajstić information content (AvgIpc) is 3.07. The number of carbonyl (C=O) groups excluding carboxylic acids is 1. The lowest BCUT2D eigenvalue weighted by atomic mass is 10.0. The Labute approximate surface area is 295 Å². The Morgan fingerprint density at radius 1 is 0.489 bits per heavy atom. The van der Waals surface area contributed by atoms with Crippen LogP contribution >= 0.6 is 0 Å². The first-order valence-electron chi connectivity index (χ1n) is 21.4. The van der Waals surface area contributed by atoms with E-state index in [4.69, 9.17) is 0 Å². The van der Waals surface area contributed by atoms with E-state index in [0.29, 0.717) is 12.8 Å². The van der Waals surface area contributed by atoms with Gasteiger partial charge in [0.15, 0.2) is 0 Å². The molecule has 0 aliphatic heterocycles. The van der Waals surface area contributed by atoms with Crippen LogP contribution in [0, 0.1) is 0 Å². The molecular formula is C43H85NO3. The third kappa shape index (κ3) is 36.2. The minimum Gasteiger partial charge on any atom is -0.394 e. The highest BCUT2D eigenvalue weighted by molar-refractivity contribution is 5.76. The Hall–Kier alpha value is -0.870. The molecule has 0 saturated heterocycles. The van der Waals surface area contributed by atoms with Gasteiger partial charge in [-0.2, -0.15) is 0 Å². The molecule has 2 unspecified atom stereocenters. The molecule has 0 aromatic rings. The second-order valence-corrected chi connectivity index (χ2v) is 14.8. The van der Waals surface area contributed by atoms with Crippen LogP contribution in [0.4, 0.5) is 0 Å². The number of amides is 1. The lowest BCUT2D eigenvalue weighted by Crippen LogP contribution is -2.45. The van der Waals surface area contributed by atoms with Gasteiger partial charge in [0.05, 0.1) is 18.8 Å². The summed E-state index contributed by atoms with van der Waals surface area (Å²) in [5.41, 5.74) is 0. The predicted molar refractivity (Wildman–Crippen MR) is 207 cm³/mol. The SMILES string of the molecule is CCCCCC/C=C\CCCCCCCC(=O)NC(CO)C(O)CCCCCCCCCCCCCCCCCCCCCCCC. The minimum atomic E-state index is -0.659. The number of nitrogens with one attached hydrogen (secondary N) is 1. The lowest BCUT2D eigenvalue weighted by molar-refractivity contribution is -0.123. The Balaban J connectivity index is 3.47. The second-order valence-electron chi connectivity index (χ2n) is 14.8. The maximum Gasteiger partial charge on any atom is 0.220 e. The van der Waals surface area contributed by atoms with E-state index in [1.54, 1.807) is 0 Å². The van der Waals surface area contributed by atoms with Crippen molar-refractivity contribution in [3.8, 4) is 0 Å². The Kier molecular flexibility index (Phi) is 38.8. The Morgan fingerprint density at radius 3 is 1.19 bits per heavy atom. The molecule has 0 saturated carbocycles. The van der Waals surface area contributed by atoms with Crippen molar-refractivity contribution in [2.75, 3.05) is 6.61 Å². The number of aliphatic hydroxyl groups excluding tert-OH is 2. The van der Waals surface area contributed by atoms with E-state index in [1.807, 2.05) is 0 Å². The zero-order valence-corrected chi connectivity index (χ0v) is 32.1. The quantitative estimate of drug-likeness (QED) is 0.0453. The number of carbonyl (C=O) groups is 1. The maximum atomic E-state index is 12.3. The van der Waals surface area contributed by atoms with Gasteiger partial charge in [-0.05, 0) is 38.5 Å². The summed E-state index contributed by atoms with van der Waals surface area (Å²) in [7, 11) is 0. The van der Waals surface area contributed by atoms with Gasteiger partial charge in [0.25, 0.3) is 0 Å². The van der Waals surface area contributed by atoms with Crippen LogP contribution in [0.1, 0.15) is 239 Å². The van der Waals surface area contributed by atoms with Crippen LogP contribution in [0.3, 0.4) is 0 Å². The third-order valence-electron chi connectivity index (χ3n) is 10.0. The molecule has 0 rings (SSSR count). The van der Waals surface area contributed by atoms with Crippen LogP contribution in [-0.2, 0) is 4.79 Å².